The molecule has 0 aliphatic heterocycles. The van der Waals surface area contributed by atoms with Crippen molar-refractivity contribution in [2.45, 2.75) is 31.4 Å². The van der Waals surface area contributed by atoms with Gasteiger partial charge in [0, 0.05) is 6.04 Å². The van der Waals surface area contributed by atoms with E-state index in [2.05, 4.69) is 49.1 Å². The fraction of sp³-hybridized carbons (Fsp3) is 0.625. The first kappa shape index (κ1) is 14.5. The molecule has 0 saturated carbocycles. The number of aryl methyl sites for hydroxylation is 1. The average molecular weight is 262 g/mol. The zero-order chi connectivity index (χ0) is 13.8. The first-order chi connectivity index (χ1) is 9.09. The van der Waals surface area contributed by atoms with Gasteiger partial charge in [-0.3, -0.25) is 0 Å². The molecule has 1 aliphatic rings. The smallest absolute Gasteiger partial charge is 0.0947 e. The molecule has 0 fully saturated rings. The van der Waals surface area contributed by atoms with Crippen molar-refractivity contribution in [3.63, 3.8) is 0 Å². The minimum Gasteiger partial charge on any atom is -0.387 e. The molecule has 0 amide bonds. The van der Waals surface area contributed by atoms with Gasteiger partial charge in [0.05, 0.1) is 6.10 Å². The Labute approximate surface area is 116 Å². The highest BCUT2D eigenvalue weighted by molar-refractivity contribution is 5.32. The predicted octanol–water partition coefficient (Wildman–Crippen LogP) is 1.92. The van der Waals surface area contributed by atoms with Crippen molar-refractivity contribution in [2.24, 2.45) is 0 Å². The van der Waals surface area contributed by atoms with Gasteiger partial charge in [0.25, 0.3) is 0 Å². The van der Waals surface area contributed by atoms with Gasteiger partial charge in [0.1, 0.15) is 0 Å². The van der Waals surface area contributed by atoms with Gasteiger partial charge < -0.3 is 14.9 Å². The van der Waals surface area contributed by atoms with Crippen LogP contribution in [0.5, 0.6) is 0 Å². The number of rotatable bonds is 5. The van der Waals surface area contributed by atoms with Crippen molar-refractivity contribution in [1.82, 2.24) is 9.80 Å². The summed E-state index contributed by atoms with van der Waals surface area (Å²) in [7, 11) is 6.34. The van der Waals surface area contributed by atoms with Crippen LogP contribution in [0.1, 0.15) is 30.1 Å². The third kappa shape index (κ3) is 3.56. The summed E-state index contributed by atoms with van der Waals surface area (Å²) in [6, 6.07) is 8.56. The van der Waals surface area contributed by atoms with Crippen molar-refractivity contribution in [2.75, 3.05) is 34.2 Å². The number of nitrogens with zero attached hydrogens (tertiary/aromatic N) is 2. The largest absolute Gasteiger partial charge is 0.387 e. The maximum atomic E-state index is 10.5. The fourth-order valence-electron chi connectivity index (χ4n) is 2.98. The van der Waals surface area contributed by atoms with E-state index in [1.807, 2.05) is 6.07 Å². The second-order valence-corrected chi connectivity index (χ2v) is 5.89. The maximum absolute atomic E-state index is 10.5. The van der Waals surface area contributed by atoms with Crippen molar-refractivity contribution in [3.05, 3.63) is 35.4 Å². The molecule has 1 aromatic rings. The van der Waals surface area contributed by atoms with E-state index in [0.717, 1.165) is 37.9 Å². The molecule has 2 atom stereocenters. The lowest BCUT2D eigenvalue weighted by Crippen LogP contribution is -2.40. The Kier molecular flexibility index (Phi) is 4.97. The molecule has 2 unspecified atom stereocenters. The SMILES string of the molecule is CN(C)CCCN(C)C1CCc2ccccc2C1O. The maximum Gasteiger partial charge on any atom is 0.0947 e. The lowest BCUT2D eigenvalue weighted by atomic mass is 9.85. The molecule has 1 aliphatic carbocycles. The van der Waals surface area contributed by atoms with Crippen molar-refractivity contribution >= 4 is 0 Å². The molecule has 0 heterocycles. The van der Waals surface area contributed by atoms with Gasteiger partial charge in [-0.25, -0.2) is 0 Å². The number of likely N-dealkylation sites (N-methyl/N-ethyl adjacent to an activating group) is 1. The Bertz CT molecular complexity index is 405. The minimum atomic E-state index is -0.339. The molecule has 0 radical (unpaired) electrons. The highest BCUT2D eigenvalue weighted by atomic mass is 16.3. The summed E-state index contributed by atoms with van der Waals surface area (Å²) < 4.78 is 0. The van der Waals surface area contributed by atoms with Crippen LogP contribution in [0.3, 0.4) is 0 Å². The normalized spacial score (nSPS) is 22.8. The molecule has 1 aromatic carbocycles. The highest BCUT2D eigenvalue weighted by Gasteiger charge is 2.30. The summed E-state index contributed by atoms with van der Waals surface area (Å²) in [6.07, 6.45) is 2.94. The predicted molar refractivity (Wildman–Crippen MR) is 79.3 cm³/mol. The van der Waals surface area contributed by atoms with E-state index in [0.29, 0.717) is 0 Å². The van der Waals surface area contributed by atoms with Gasteiger partial charge in [-0.1, -0.05) is 24.3 Å². The number of hydrogen-bond donors (Lipinski definition) is 1. The van der Waals surface area contributed by atoms with Crippen LogP contribution in [-0.4, -0.2) is 55.2 Å². The van der Waals surface area contributed by atoms with Crippen molar-refractivity contribution in [1.29, 1.82) is 0 Å². The Morgan fingerprint density at radius 3 is 2.63 bits per heavy atom. The Morgan fingerprint density at radius 1 is 1.16 bits per heavy atom. The van der Waals surface area contributed by atoms with Crippen LogP contribution in [0, 0.1) is 0 Å². The Hall–Kier alpha value is -0.900. The third-order valence-electron chi connectivity index (χ3n) is 4.13. The summed E-state index contributed by atoms with van der Waals surface area (Å²) in [4.78, 5) is 4.53. The highest BCUT2D eigenvalue weighted by Crippen LogP contribution is 2.32. The number of aliphatic hydroxyl groups is 1. The van der Waals surface area contributed by atoms with Crippen LogP contribution >= 0.6 is 0 Å². The summed E-state index contributed by atoms with van der Waals surface area (Å²) in [6.45, 7) is 2.14. The molecule has 106 valence electrons. The molecule has 0 bridgehead atoms. The first-order valence-electron chi connectivity index (χ1n) is 7.20. The Morgan fingerprint density at radius 2 is 1.89 bits per heavy atom. The van der Waals surface area contributed by atoms with E-state index in [1.165, 1.54) is 5.56 Å². The zero-order valence-electron chi connectivity index (χ0n) is 12.3. The first-order valence-corrected chi connectivity index (χ1v) is 7.20. The lowest BCUT2D eigenvalue weighted by molar-refractivity contribution is 0.0486. The van der Waals surface area contributed by atoms with Crippen LogP contribution in [0.2, 0.25) is 0 Å². The minimum absolute atomic E-state index is 0.261. The molecule has 0 spiro atoms. The second kappa shape index (κ2) is 6.51. The van der Waals surface area contributed by atoms with Crippen LogP contribution in [-0.2, 0) is 6.42 Å². The molecule has 19 heavy (non-hydrogen) atoms. The molecule has 3 heteroatoms. The molecule has 1 N–H and O–H groups in total. The van der Waals surface area contributed by atoms with E-state index in [4.69, 9.17) is 0 Å². The molecular formula is C16H26N2O. The van der Waals surface area contributed by atoms with Crippen molar-refractivity contribution < 1.29 is 5.11 Å². The quantitative estimate of drug-likeness (QED) is 0.878. The fourth-order valence-corrected chi connectivity index (χ4v) is 2.98. The molecule has 2 rings (SSSR count). The standard InChI is InChI=1S/C16H26N2O/c1-17(2)11-6-12-18(3)15-10-9-13-7-4-5-8-14(13)16(15)19/h4-5,7-8,15-16,19H,6,9-12H2,1-3H3. The third-order valence-corrected chi connectivity index (χ3v) is 4.13. The van der Waals surface area contributed by atoms with Gasteiger partial charge in [-0.2, -0.15) is 0 Å². The van der Waals surface area contributed by atoms with Crippen LogP contribution < -0.4 is 0 Å². The average Bonchev–Trinajstić information content (AvgIpc) is 2.39. The van der Waals surface area contributed by atoms with E-state index in [-0.39, 0.29) is 12.1 Å². The van der Waals surface area contributed by atoms with E-state index in [9.17, 15) is 5.11 Å². The van der Waals surface area contributed by atoms with Gasteiger partial charge in [-0.15, -0.1) is 0 Å². The topological polar surface area (TPSA) is 26.7 Å². The lowest BCUT2D eigenvalue weighted by Gasteiger charge is -2.36. The van der Waals surface area contributed by atoms with Gasteiger partial charge >= 0.3 is 0 Å². The Balaban J connectivity index is 1.95. The number of fused-ring (bicyclic) bond motifs is 1. The molecule has 3 nitrogen and oxygen atoms in total. The second-order valence-electron chi connectivity index (χ2n) is 5.89. The summed E-state index contributed by atoms with van der Waals surface area (Å²) in [5, 5.41) is 10.5. The summed E-state index contributed by atoms with van der Waals surface area (Å²) in [5.74, 6) is 0. The van der Waals surface area contributed by atoms with Gasteiger partial charge in [-0.05, 0) is 64.6 Å². The molecule has 0 aromatic heterocycles. The van der Waals surface area contributed by atoms with E-state index >= 15 is 0 Å². The van der Waals surface area contributed by atoms with Gasteiger partial charge in [0.15, 0.2) is 0 Å². The summed E-state index contributed by atoms with van der Waals surface area (Å²) in [5.41, 5.74) is 2.44. The number of aliphatic hydroxyl groups excluding tert-OH is 1. The van der Waals surface area contributed by atoms with E-state index < -0.39 is 0 Å². The summed E-state index contributed by atoms with van der Waals surface area (Å²) >= 11 is 0. The molecular weight excluding hydrogens is 236 g/mol. The number of hydrogen-bond acceptors (Lipinski definition) is 3. The van der Waals surface area contributed by atoms with Crippen molar-refractivity contribution in [3.8, 4) is 0 Å². The zero-order valence-corrected chi connectivity index (χ0v) is 12.3. The monoisotopic (exact) mass is 262 g/mol. The van der Waals surface area contributed by atoms with E-state index in [1.54, 1.807) is 0 Å². The van der Waals surface area contributed by atoms with Crippen LogP contribution in [0.4, 0.5) is 0 Å². The molecule has 0 saturated heterocycles. The van der Waals surface area contributed by atoms with Gasteiger partial charge in [0.2, 0.25) is 0 Å². The van der Waals surface area contributed by atoms with Crippen LogP contribution in [0.15, 0.2) is 24.3 Å². The number of benzene rings is 1. The van der Waals surface area contributed by atoms with Crippen LogP contribution in [0.25, 0.3) is 0 Å².